The number of halogens is 1. The number of hydrogen-bond acceptors (Lipinski definition) is 4. The van der Waals surface area contributed by atoms with Gasteiger partial charge in [0, 0.05) is 37.3 Å². The van der Waals surface area contributed by atoms with E-state index < -0.39 is 0 Å². The molecule has 0 unspecified atom stereocenters. The molecule has 2 N–H and O–H groups in total. The van der Waals surface area contributed by atoms with Crippen LogP contribution in [0.5, 0.6) is 11.5 Å². The Morgan fingerprint density at radius 3 is 2.32 bits per heavy atom. The molecule has 0 amide bonds. The summed E-state index contributed by atoms with van der Waals surface area (Å²) in [4.78, 5) is 7.09. The fourth-order valence-electron chi connectivity index (χ4n) is 3.00. The van der Waals surface area contributed by atoms with Gasteiger partial charge in [-0.15, -0.1) is 24.0 Å². The molecule has 0 aliphatic heterocycles. The molecule has 2 aromatic rings. The van der Waals surface area contributed by atoms with Gasteiger partial charge in [0.05, 0.1) is 20.8 Å². The van der Waals surface area contributed by atoms with Crippen molar-refractivity contribution in [3.63, 3.8) is 0 Å². The van der Waals surface area contributed by atoms with Crippen molar-refractivity contribution in [1.29, 1.82) is 0 Å². The van der Waals surface area contributed by atoms with Crippen LogP contribution in [0.3, 0.4) is 0 Å². The Labute approximate surface area is 204 Å². The van der Waals surface area contributed by atoms with E-state index in [9.17, 15) is 0 Å². The van der Waals surface area contributed by atoms with Crippen molar-refractivity contribution in [3.8, 4) is 11.5 Å². The van der Waals surface area contributed by atoms with Crippen molar-refractivity contribution in [2.45, 2.75) is 46.4 Å². The van der Waals surface area contributed by atoms with Gasteiger partial charge in [0.15, 0.2) is 5.96 Å². The van der Waals surface area contributed by atoms with Gasteiger partial charge in [-0.2, -0.15) is 0 Å². The molecule has 0 heterocycles. The molecule has 0 aromatic heterocycles. The minimum atomic E-state index is 0. The lowest BCUT2D eigenvalue weighted by atomic mass is 10.1. The maximum absolute atomic E-state index is 5.49. The summed E-state index contributed by atoms with van der Waals surface area (Å²) in [5.41, 5.74) is 3.61. The van der Waals surface area contributed by atoms with Crippen LogP contribution in [0.4, 0.5) is 0 Å². The molecule has 0 aliphatic carbocycles. The average molecular weight is 540 g/mol. The van der Waals surface area contributed by atoms with E-state index in [0.29, 0.717) is 19.1 Å². The Morgan fingerprint density at radius 2 is 1.71 bits per heavy atom. The highest BCUT2D eigenvalue weighted by molar-refractivity contribution is 14.0. The zero-order valence-corrected chi connectivity index (χ0v) is 21.9. The highest BCUT2D eigenvalue weighted by Gasteiger charge is 2.09. The molecule has 0 bridgehead atoms. The minimum Gasteiger partial charge on any atom is -0.497 e. The molecule has 31 heavy (non-hydrogen) atoms. The normalized spacial score (nSPS) is 11.3. The van der Waals surface area contributed by atoms with Crippen LogP contribution in [0, 0.1) is 0 Å². The van der Waals surface area contributed by atoms with E-state index in [1.807, 2.05) is 18.2 Å². The standard InChI is InChI=1S/C24H36N4O2.HI/c1-7-25-24(27-16-20-12-13-22(29-5)14-23(20)30-6)26-15-19-10-8-9-11-21(19)17-28(4)18(2)3;/h8-14,18H,7,15-17H2,1-6H3,(H2,25,26,27);1H. The highest BCUT2D eigenvalue weighted by atomic mass is 127. The fraction of sp³-hybridized carbons (Fsp3) is 0.458. The van der Waals surface area contributed by atoms with Gasteiger partial charge >= 0.3 is 0 Å². The minimum absolute atomic E-state index is 0. The molecule has 0 radical (unpaired) electrons. The van der Waals surface area contributed by atoms with Crippen molar-refractivity contribution < 1.29 is 9.47 Å². The topological polar surface area (TPSA) is 58.1 Å². The second-order valence-corrected chi connectivity index (χ2v) is 7.50. The lowest BCUT2D eigenvalue weighted by molar-refractivity contribution is 0.265. The maximum atomic E-state index is 5.49. The largest absolute Gasteiger partial charge is 0.497 e. The Balaban J connectivity index is 0.00000480. The Bertz CT molecular complexity index is 827. The lowest BCUT2D eigenvalue weighted by Crippen LogP contribution is -2.37. The van der Waals surface area contributed by atoms with Crippen LogP contribution in [0.1, 0.15) is 37.5 Å². The molecule has 0 spiro atoms. The first-order valence-electron chi connectivity index (χ1n) is 10.5. The predicted octanol–water partition coefficient (Wildman–Crippen LogP) is 4.42. The van der Waals surface area contributed by atoms with E-state index >= 15 is 0 Å². The van der Waals surface area contributed by atoms with Crippen LogP contribution >= 0.6 is 24.0 Å². The first-order valence-corrected chi connectivity index (χ1v) is 10.5. The van der Waals surface area contributed by atoms with Gasteiger partial charge in [-0.05, 0) is 51.1 Å². The number of hydrogen-bond donors (Lipinski definition) is 2. The second-order valence-electron chi connectivity index (χ2n) is 7.50. The van der Waals surface area contributed by atoms with Crippen LogP contribution < -0.4 is 20.1 Å². The summed E-state index contributed by atoms with van der Waals surface area (Å²) in [5.74, 6) is 2.32. The van der Waals surface area contributed by atoms with E-state index in [1.165, 1.54) is 11.1 Å². The summed E-state index contributed by atoms with van der Waals surface area (Å²) in [7, 11) is 5.47. The van der Waals surface area contributed by atoms with Gasteiger partial charge in [-0.3, -0.25) is 4.90 Å². The summed E-state index contributed by atoms with van der Waals surface area (Å²) in [6.07, 6.45) is 0. The van der Waals surface area contributed by atoms with E-state index in [-0.39, 0.29) is 24.0 Å². The van der Waals surface area contributed by atoms with Crippen molar-refractivity contribution in [2.24, 2.45) is 4.99 Å². The number of aliphatic imine (C=N–C) groups is 1. The monoisotopic (exact) mass is 540 g/mol. The molecule has 2 rings (SSSR count). The third kappa shape index (κ3) is 8.57. The van der Waals surface area contributed by atoms with E-state index in [1.54, 1.807) is 14.2 Å². The van der Waals surface area contributed by atoms with Crippen LogP contribution in [0.15, 0.2) is 47.5 Å². The quantitative estimate of drug-likeness (QED) is 0.266. The van der Waals surface area contributed by atoms with E-state index in [4.69, 9.17) is 14.5 Å². The van der Waals surface area contributed by atoms with Gasteiger partial charge in [0.25, 0.3) is 0 Å². The van der Waals surface area contributed by atoms with Crippen LogP contribution in [-0.2, 0) is 19.6 Å². The molecule has 6 nitrogen and oxygen atoms in total. The molecule has 0 saturated carbocycles. The number of nitrogens with zero attached hydrogens (tertiary/aromatic N) is 2. The van der Waals surface area contributed by atoms with Crippen molar-refractivity contribution in [1.82, 2.24) is 15.5 Å². The summed E-state index contributed by atoms with van der Waals surface area (Å²) < 4.78 is 10.8. The smallest absolute Gasteiger partial charge is 0.191 e. The number of nitrogens with one attached hydrogen (secondary N) is 2. The van der Waals surface area contributed by atoms with Crippen molar-refractivity contribution in [2.75, 3.05) is 27.8 Å². The number of guanidine groups is 1. The number of rotatable bonds is 10. The Morgan fingerprint density at radius 1 is 1.00 bits per heavy atom. The van der Waals surface area contributed by atoms with Gasteiger partial charge in [-0.1, -0.05) is 24.3 Å². The van der Waals surface area contributed by atoms with Crippen molar-refractivity contribution >= 4 is 29.9 Å². The van der Waals surface area contributed by atoms with Crippen molar-refractivity contribution in [3.05, 3.63) is 59.2 Å². The van der Waals surface area contributed by atoms with Gasteiger partial charge in [-0.25, -0.2) is 4.99 Å². The first kappa shape index (κ1) is 27.0. The Kier molecular flexibility index (Phi) is 12.3. The second kappa shape index (κ2) is 14.1. The van der Waals surface area contributed by atoms with E-state index in [0.717, 1.165) is 36.1 Å². The van der Waals surface area contributed by atoms with Crippen LogP contribution in [0.2, 0.25) is 0 Å². The highest BCUT2D eigenvalue weighted by Crippen LogP contribution is 2.25. The summed E-state index contributed by atoms with van der Waals surface area (Å²) in [6.45, 7) is 9.44. The molecule has 172 valence electrons. The van der Waals surface area contributed by atoms with E-state index in [2.05, 4.69) is 67.6 Å². The number of methoxy groups -OCH3 is 2. The van der Waals surface area contributed by atoms with Gasteiger partial charge in [0.2, 0.25) is 0 Å². The summed E-state index contributed by atoms with van der Waals surface area (Å²) in [6, 6.07) is 14.9. The third-order valence-corrected chi connectivity index (χ3v) is 5.11. The molecule has 0 aliphatic rings. The average Bonchev–Trinajstić information content (AvgIpc) is 2.76. The molecule has 0 saturated heterocycles. The lowest BCUT2D eigenvalue weighted by Gasteiger charge is -2.23. The van der Waals surface area contributed by atoms with Gasteiger partial charge in [0.1, 0.15) is 11.5 Å². The van der Waals surface area contributed by atoms with Crippen LogP contribution in [-0.4, -0.2) is 44.7 Å². The molecule has 7 heteroatoms. The molecule has 0 atom stereocenters. The SMILES string of the molecule is CCNC(=NCc1ccc(OC)cc1OC)NCc1ccccc1CN(C)C(C)C.I. The summed E-state index contributed by atoms with van der Waals surface area (Å²) in [5, 5.41) is 6.79. The summed E-state index contributed by atoms with van der Waals surface area (Å²) >= 11 is 0. The molecular weight excluding hydrogens is 503 g/mol. The van der Waals surface area contributed by atoms with Gasteiger partial charge < -0.3 is 20.1 Å². The number of benzene rings is 2. The maximum Gasteiger partial charge on any atom is 0.191 e. The first-order chi connectivity index (χ1) is 14.5. The predicted molar refractivity (Wildman–Crippen MR) is 140 cm³/mol. The fourth-order valence-corrected chi connectivity index (χ4v) is 3.00. The number of ether oxygens (including phenoxy) is 2. The Hall–Kier alpha value is -2.00. The third-order valence-electron chi connectivity index (χ3n) is 5.11. The molecule has 2 aromatic carbocycles. The zero-order chi connectivity index (χ0) is 21.9. The molecular formula is C24H37IN4O2. The molecule has 0 fully saturated rings. The zero-order valence-electron chi connectivity index (χ0n) is 19.6. The van der Waals surface area contributed by atoms with Crippen LogP contribution in [0.25, 0.3) is 0 Å².